The van der Waals surface area contributed by atoms with Crippen molar-refractivity contribution in [3.8, 4) is 0 Å². The van der Waals surface area contributed by atoms with E-state index in [2.05, 4.69) is 11.1 Å². The molecular weight excluding hydrogens is 160 g/mol. The molecule has 0 bridgehead atoms. The minimum atomic E-state index is 0.845. The van der Waals surface area contributed by atoms with Crippen molar-refractivity contribution in [1.82, 2.24) is 4.98 Å². The van der Waals surface area contributed by atoms with Gasteiger partial charge in [-0.1, -0.05) is 0 Å². The second-order valence-electron chi connectivity index (χ2n) is 3.33. The summed E-state index contributed by atoms with van der Waals surface area (Å²) in [7, 11) is 0. The standard InChI is InChI=1S/C11H12N2/c1-7-5-10-8(2)13-4-3-9(10)6-11(7)12/h3-6H,12H2,1-2H3. The Labute approximate surface area is 77.4 Å². The molecule has 1 aromatic carbocycles. The smallest absolute Gasteiger partial charge is 0.0451 e. The summed E-state index contributed by atoms with van der Waals surface area (Å²) in [5.41, 5.74) is 8.83. The Kier molecular flexibility index (Phi) is 1.69. The maximum absolute atomic E-state index is 5.82. The lowest BCUT2D eigenvalue weighted by Crippen LogP contribution is -1.91. The number of hydrogen-bond acceptors (Lipinski definition) is 2. The van der Waals surface area contributed by atoms with Crippen LogP contribution in [0.3, 0.4) is 0 Å². The molecule has 1 aromatic heterocycles. The van der Waals surface area contributed by atoms with Crippen LogP contribution in [0.1, 0.15) is 11.3 Å². The van der Waals surface area contributed by atoms with E-state index in [0.29, 0.717) is 0 Å². The zero-order valence-corrected chi connectivity index (χ0v) is 7.83. The summed E-state index contributed by atoms with van der Waals surface area (Å²) in [5.74, 6) is 0. The van der Waals surface area contributed by atoms with Crippen LogP contribution in [-0.2, 0) is 0 Å². The first-order valence-corrected chi connectivity index (χ1v) is 4.30. The molecule has 2 heteroatoms. The minimum Gasteiger partial charge on any atom is -0.398 e. The molecule has 0 saturated carbocycles. The normalized spacial score (nSPS) is 10.6. The predicted molar refractivity (Wildman–Crippen MR) is 55.6 cm³/mol. The lowest BCUT2D eigenvalue weighted by Gasteiger charge is -2.04. The number of benzene rings is 1. The number of hydrogen-bond donors (Lipinski definition) is 1. The summed E-state index contributed by atoms with van der Waals surface area (Å²) >= 11 is 0. The van der Waals surface area contributed by atoms with Crippen molar-refractivity contribution in [2.45, 2.75) is 13.8 Å². The monoisotopic (exact) mass is 172 g/mol. The third-order valence-corrected chi connectivity index (χ3v) is 2.35. The van der Waals surface area contributed by atoms with E-state index in [4.69, 9.17) is 5.73 Å². The van der Waals surface area contributed by atoms with E-state index in [9.17, 15) is 0 Å². The van der Waals surface area contributed by atoms with Gasteiger partial charge in [0.25, 0.3) is 0 Å². The van der Waals surface area contributed by atoms with Crippen LogP contribution < -0.4 is 5.73 Å². The number of rotatable bonds is 0. The molecule has 0 amide bonds. The van der Waals surface area contributed by atoms with E-state index in [1.165, 1.54) is 5.39 Å². The summed E-state index contributed by atoms with van der Waals surface area (Å²) in [6, 6.07) is 6.07. The maximum atomic E-state index is 5.82. The van der Waals surface area contributed by atoms with Crippen molar-refractivity contribution in [2.75, 3.05) is 5.73 Å². The average molecular weight is 172 g/mol. The molecule has 13 heavy (non-hydrogen) atoms. The number of aryl methyl sites for hydroxylation is 2. The van der Waals surface area contributed by atoms with E-state index in [1.807, 2.05) is 32.2 Å². The van der Waals surface area contributed by atoms with Crippen LogP contribution in [-0.4, -0.2) is 4.98 Å². The quantitative estimate of drug-likeness (QED) is 0.620. The van der Waals surface area contributed by atoms with E-state index < -0.39 is 0 Å². The first-order chi connectivity index (χ1) is 6.18. The van der Waals surface area contributed by atoms with E-state index in [-0.39, 0.29) is 0 Å². The number of nitrogen functional groups attached to an aromatic ring is 1. The first-order valence-electron chi connectivity index (χ1n) is 4.30. The van der Waals surface area contributed by atoms with Crippen LogP contribution in [0.5, 0.6) is 0 Å². The number of nitrogens with zero attached hydrogens (tertiary/aromatic N) is 1. The van der Waals surface area contributed by atoms with E-state index in [0.717, 1.165) is 22.3 Å². The third-order valence-electron chi connectivity index (χ3n) is 2.35. The highest BCUT2D eigenvalue weighted by Gasteiger charge is 2.00. The van der Waals surface area contributed by atoms with Gasteiger partial charge >= 0.3 is 0 Å². The molecule has 2 aromatic rings. The molecule has 0 unspecified atom stereocenters. The Morgan fingerprint density at radius 3 is 2.77 bits per heavy atom. The number of pyridine rings is 1. The molecular formula is C11H12N2. The second-order valence-corrected chi connectivity index (χ2v) is 3.33. The summed E-state index contributed by atoms with van der Waals surface area (Å²) in [5, 5.41) is 2.35. The number of aromatic nitrogens is 1. The predicted octanol–water partition coefficient (Wildman–Crippen LogP) is 2.43. The molecule has 0 spiro atoms. The Balaban J connectivity index is 2.89. The van der Waals surface area contributed by atoms with Crippen LogP contribution in [0.15, 0.2) is 24.4 Å². The third kappa shape index (κ3) is 1.24. The first kappa shape index (κ1) is 8.05. The summed E-state index contributed by atoms with van der Waals surface area (Å²) in [6.45, 7) is 4.03. The van der Waals surface area contributed by atoms with Gasteiger partial charge in [-0.15, -0.1) is 0 Å². The average Bonchev–Trinajstić information content (AvgIpc) is 2.09. The van der Waals surface area contributed by atoms with Crippen molar-refractivity contribution < 1.29 is 0 Å². The topological polar surface area (TPSA) is 38.9 Å². The fraction of sp³-hybridized carbons (Fsp3) is 0.182. The second kappa shape index (κ2) is 2.73. The van der Waals surface area contributed by atoms with Gasteiger partial charge in [0.1, 0.15) is 0 Å². The molecule has 1 heterocycles. The van der Waals surface area contributed by atoms with Gasteiger partial charge in [-0.3, -0.25) is 4.98 Å². The highest BCUT2D eigenvalue weighted by Crippen LogP contribution is 2.22. The van der Waals surface area contributed by atoms with Gasteiger partial charge < -0.3 is 5.73 Å². The van der Waals surface area contributed by atoms with Gasteiger partial charge in [0.05, 0.1) is 0 Å². The molecule has 0 aliphatic carbocycles. The van der Waals surface area contributed by atoms with Crippen LogP contribution in [0.2, 0.25) is 0 Å². The van der Waals surface area contributed by atoms with Gasteiger partial charge in [-0.2, -0.15) is 0 Å². The number of fused-ring (bicyclic) bond motifs is 1. The van der Waals surface area contributed by atoms with Crippen molar-refractivity contribution >= 4 is 16.5 Å². The van der Waals surface area contributed by atoms with Crippen LogP contribution in [0.25, 0.3) is 10.8 Å². The molecule has 66 valence electrons. The van der Waals surface area contributed by atoms with E-state index in [1.54, 1.807) is 0 Å². The van der Waals surface area contributed by atoms with Crippen molar-refractivity contribution in [1.29, 1.82) is 0 Å². The largest absolute Gasteiger partial charge is 0.398 e. The Hall–Kier alpha value is -1.57. The molecule has 0 aliphatic rings. The number of nitrogens with two attached hydrogens (primary N) is 1. The zero-order chi connectivity index (χ0) is 9.42. The Morgan fingerprint density at radius 2 is 2.00 bits per heavy atom. The zero-order valence-electron chi connectivity index (χ0n) is 7.83. The lowest BCUT2D eigenvalue weighted by atomic mass is 10.1. The van der Waals surface area contributed by atoms with Crippen molar-refractivity contribution in [2.24, 2.45) is 0 Å². The van der Waals surface area contributed by atoms with Crippen LogP contribution in [0, 0.1) is 13.8 Å². The SMILES string of the molecule is Cc1cc2c(C)nccc2cc1N. The molecule has 2 rings (SSSR count). The van der Waals surface area contributed by atoms with Crippen molar-refractivity contribution in [3.05, 3.63) is 35.7 Å². The lowest BCUT2D eigenvalue weighted by molar-refractivity contribution is 1.23. The molecule has 0 radical (unpaired) electrons. The Bertz CT molecular complexity index is 461. The highest BCUT2D eigenvalue weighted by atomic mass is 14.7. The van der Waals surface area contributed by atoms with Gasteiger partial charge in [0.2, 0.25) is 0 Å². The highest BCUT2D eigenvalue weighted by molar-refractivity contribution is 5.88. The van der Waals surface area contributed by atoms with Gasteiger partial charge in [-0.25, -0.2) is 0 Å². The minimum absolute atomic E-state index is 0.845. The molecule has 2 nitrogen and oxygen atoms in total. The fourth-order valence-corrected chi connectivity index (χ4v) is 1.49. The number of anilines is 1. The molecule has 2 N–H and O–H groups in total. The Morgan fingerprint density at radius 1 is 1.23 bits per heavy atom. The summed E-state index contributed by atoms with van der Waals surface area (Å²) in [4.78, 5) is 4.24. The maximum Gasteiger partial charge on any atom is 0.0451 e. The van der Waals surface area contributed by atoms with Gasteiger partial charge in [0, 0.05) is 23.0 Å². The van der Waals surface area contributed by atoms with Gasteiger partial charge in [0.15, 0.2) is 0 Å². The van der Waals surface area contributed by atoms with E-state index >= 15 is 0 Å². The van der Waals surface area contributed by atoms with Crippen LogP contribution in [0.4, 0.5) is 5.69 Å². The molecule has 0 saturated heterocycles. The molecule has 0 aliphatic heterocycles. The summed E-state index contributed by atoms with van der Waals surface area (Å²) < 4.78 is 0. The van der Waals surface area contributed by atoms with Gasteiger partial charge in [-0.05, 0) is 43.0 Å². The molecule has 0 fully saturated rings. The van der Waals surface area contributed by atoms with Crippen molar-refractivity contribution in [3.63, 3.8) is 0 Å². The molecule has 0 atom stereocenters. The fourth-order valence-electron chi connectivity index (χ4n) is 1.49. The van der Waals surface area contributed by atoms with Crippen LogP contribution >= 0.6 is 0 Å². The summed E-state index contributed by atoms with van der Waals surface area (Å²) in [6.07, 6.45) is 1.81.